The summed E-state index contributed by atoms with van der Waals surface area (Å²) >= 11 is 0. The molecule has 1 aliphatic carbocycles. The van der Waals surface area contributed by atoms with Gasteiger partial charge in [-0.2, -0.15) is 0 Å². The van der Waals surface area contributed by atoms with Crippen LogP contribution in [-0.2, 0) is 14.3 Å². The van der Waals surface area contributed by atoms with Gasteiger partial charge in [0.15, 0.2) is 0 Å². The van der Waals surface area contributed by atoms with E-state index < -0.39 is 0 Å². The Morgan fingerprint density at radius 2 is 1.79 bits per heavy atom. The number of hydrogen-bond acceptors (Lipinski definition) is 4. The second kappa shape index (κ2) is 10.3. The average Bonchev–Trinajstić information content (AvgIpc) is 2.54. The van der Waals surface area contributed by atoms with Gasteiger partial charge in [-0.05, 0) is 55.2 Å². The summed E-state index contributed by atoms with van der Waals surface area (Å²) in [6.07, 6.45) is 4.75. The lowest BCUT2D eigenvalue weighted by molar-refractivity contribution is -0.142. The smallest absolute Gasteiger partial charge is 0.302 e. The Labute approximate surface area is 149 Å². The van der Waals surface area contributed by atoms with Crippen LogP contribution in [0.25, 0.3) is 0 Å². The Morgan fingerprint density at radius 1 is 1.17 bits per heavy atom. The number of nitrogens with one attached hydrogen (secondary N) is 1. The van der Waals surface area contributed by atoms with E-state index in [1.807, 2.05) is 12.1 Å². The number of carbonyl (C=O) groups excluding carboxylic acids is 2. The second-order valence-corrected chi connectivity index (χ2v) is 6.23. The lowest BCUT2D eigenvalue weighted by Gasteiger charge is -2.28. The second-order valence-electron chi connectivity index (χ2n) is 6.23. The first-order chi connectivity index (χ1) is 11.1. The zero-order valence-corrected chi connectivity index (χ0v) is 14.9. The number of ether oxygens (including phenoxy) is 1. The Bertz CT molecular complexity index is 526. The standard InChI is InChI=1S/C18H26N2O3.ClH/c1-13(21)23-12-14-2-4-15(5-3-14)16-6-8-17(9-7-16)20-18(22)10-11-19;/h6-9,14-15H,2-5,10-12,19H2,1H3,(H,20,22);1H. The predicted octanol–water partition coefficient (Wildman–Crippen LogP) is 3.23. The van der Waals surface area contributed by atoms with Gasteiger partial charge in [-0.1, -0.05) is 12.1 Å². The number of anilines is 1. The molecule has 1 amide bonds. The van der Waals surface area contributed by atoms with Crippen molar-refractivity contribution in [2.45, 2.75) is 44.9 Å². The zero-order chi connectivity index (χ0) is 16.7. The fourth-order valence-corrected chi connectivity index (χ4v) is 3.09. The topological polar surface area (TPSA) is 81.4 Å². The minimum atomic E-state index is -0.195. The van der Waals surface area contributed by atoms with Gasteiger partial charge in [0.25, 0.3) is 0 Å². The molecule has 1 aromatic rings. The van der Waals surface area contributed by atoms with E-state index in [1.54, 1.807) is 0 Å². The summed E-state index contributed by atoms with van der Waals surface area (Å²) in [5.41, 5.74) is 7.49. The molecular formula is C18H27ClN2O3. The Balaban J connectivity index is 0.00000288. The van der Waals surface area contributed by atoms with Crippen molar-refractivity contribution in [3.05, 3.63) is 29.8 Å². The lowest BCUT2D eigenvalue weighted by Crippen LogP contribution is -2.19. The van der Waals surface area contributed by atoms with Crippen LogP contribution in [0.15, 0.2) is 24.3 Å². The number of nitrogens with two attached hydrogens (primary N) is 1. The van der Waals surface area contributed by atoms with E-state index in [9.17, 15) is 9.59 Å². The van der Waals surface area contributed by atoms with Gasteiger partial charge >= 0.3 is 5.97 Å². The van der Waals surface area contributed by atoms with Gasteiger partial charge in [-0.3, -0.25) is 9.59 Å². The van der Waals surface area contributed by atoms with Crippen LogP contribution in [-0.4, -0.2) is 25.0 Å². The fraction of sp³-hybridized carbons (Fsp3) is 0.556. The van der Waals surface area contributed by atoms with E-state index in [2.05, 4.69) is 17.4 Å². The number of halogens is 1. The third kappa shape index (κ3) is 6.49. The maximum atomic E-state index is 11.5. The highest BCUT2D eigenvalue weighted by Crippen LogP contribution is 2.36. The fourth-order valence-electron chi connectivity index (χ4n) is 3.09. The van der Waals surface area contributed by atoms with E-state index in [0.29, 0.717) is 31.4 Å². The maximum Gasteiger partial charge on any atom is 0.302 e. The van der Waals surface area contributed by atoms with Crippen LogP contribution >= 0.6 is 12.4 Å². The Hall–Kier alpha value is -1.59. The van der Waals surface area contributed by atoms with Crippen molar-refractivity contribution >= 4 is 30.0 Å². The normalized spacial score (nSPS) is 19.9. The molecule has 3 N–H and O–H groups in total. The van der Waals surface area contributed by atoms with Crippen molar-refractivity contribution in [1.29, 1.82) is 0 Å². The first kappa shape index (κ1) is 20.5. The molecule has 0 saturated heterocycles. The van der Waals surface area contributed by atoms with Gasteiger partial charge in [0, 0.05) is 25.6 Å². The molecule has 0 radical (unpaired) electrons. The summed E-state index contributed by atoms with van der Waals surface area (Å²) in [6, 6.07) is 8.09. The van der Waals surface area contributed by atoms with Crippen molar-refractivity contribution in [1.82, 2.24) is 0 Å². The van der Waals surface area contributed by atoms with Crippen molar-refractivity contribution < 1.29 is 14.3 Å². The Kier molecular flexibility index (Phi) is 8.79. The Morgan fingerprint density at radius 3 is 2.33 bits per heavy atom. The first-order valence-electron chi connectivity index (χ1n) is 8.31. The zero-order valence-electron chi connectivity index (χ0n) is 14.1. The quantitative estimate of drug-likeness (QED) is 0.768. The number of carbonyl (C=O) groups is 2. The molecular weight excluding hydrogens is 328 g/mol. The molecule has 6 heteroatoms. The molecule has 5 nitrogen and oxygen atoms in total. The molecule has 0 bridgehead atoms. The molecule has 0 heterocycles. The van der Waals surface area contributed by atoms with Crippen LogP contribution in [0.4, 0.5) is 5.69 Å². The number of hydrogen-bond donors (Lipinski definition) is 2. The third-order valence-electron chi connectivity index (χ3n) is 4.41. The van der Waals surface area contributed by atoms with Gasteiger partial charge in [0.2, 0.25) is 5.91 Å². The van der Waals surface area contributed by atoms with Gasteiger partial charge < -0.3 is 15.8 Å². The van der Waals surface area contributed by atoms with Crippen molar-refractivity contribution in [2.24, 2.45) is 11.7 Å². The predicted molar refractivity (Wildman–Crippen MR) is 97.3 cm³/mol. The van der Waals surface area contributed by atoms with Gasteiger partial charge in [0.1, 0.15) is 0 Å². The first-order valence-corrected chi connectivity index (χ1v) is 8.31. The highest BCUT2D eigenvalue weighted by molar-refractivity contribution is 5.90. The molecule has 0 aliphatic heterocycles. The molecule has 0 atom stereocenters. The minimum absolute atomic E-state index is 0. The molecule has 24 heavy (non-hydrogen) atoms. The summed E-state index contributed by atoms with van der Waals surface area (Å²) < 4.78 is 5.11. The maximum absolute atomic E-state index is 11.5. The summed E-state index contributed by atoms with van der Waals surface area (Å²) in [6.45, 7) is 2.37. The van der Waals surface area contributed by atoms with Gasteiger partial charge in [-0.25, -0.2) is 0 Å². The van der Waals surface area contributed by atoms with Crippen molar-refractivity contribution in [2.75, 3.05) is 18.5 Å². The van der Waals surface area contributed by atoms with Gasteiger partial charge in [-0.15, -0.1) is 12.4 Å². The summed E-state index contributed by atoms with van der Waals surface area (Å²) in [5, 5.41) is 2.84. The van der Waals surface area contributed by atoms with Crippen LogP contribution in [0.1, 0.15) is 50.5 Å². The van der Waals surface area contributed by atoms with Crippen molar-refractivity contribution in [3.8, 4) is 0 Å². The van der Waals surface area contributed by atoms with Crippen LogP contribution in [0, 0.1) is 5.92 Å². The van der Waals surface area contributed by atoms with Crippen molar-refractivity contribution in [3.63, 3.8) is 0 Å². The monoisotopic (exact) mass is 354 g/mol. The molecule has 134 valence electrons. The molecule has 0 spiro atoms. The summed E-state index contributed by atoms with van der Waals surface area (Å²) in [7, 11) is 0. The van der Waals surface area contributed by atoms with Gasteiger partial charge in [0.05, 0.1) is 6.61 Å². The average molecular weight is 355 g/mol. The number of esters is 1. The van der Waals surface area contributed by atoms with Crippen LogP contribution < -0.4 is 11.1 Å². The summed E-state index contributed by atoms with van der Waals surface area (Å²) in [4.78, 5) is 22.4. The number of benzene rings is 1. The highest BCUT2D eigenvalue weighted by atomic mass is 35.5. The van der Waals surface area contributed by atoms with E-state index in [4.69, 9.17) is 10.5 Å². The van der Waals surface area contributed by atoms with E-state index in [1.165, 1.54) is 12.5 Å². The summed E-state index contributed by atoms with van der Waals surface area (Å²) in [5.74, 6) is 0.799. The number of rotatable bonds is 6. The molecule has 0 aromatic heterocycles. The number of amides is 1. The van der Waals surface area contributed by atoms with Crippen LogP contribution in [0.3, 0.4) is 0 Å². The van der Waals surface area contributed by atoms with E-state index in [0.717, 1.165) is 31.4 Å². The molecule has 1 aromatic carbocycles. The van der Waals surface area contributed by atoms with E-state index >= 15 is 0 Å². The van der Waals surface area contributed by atoms with Crippen LogP contribution in [0.5, 0.6) is 0 Å². The molecule has 1 aliphatic rings. The highest BCUT2D eigenvalue weighted by Gasteiger charge is 2.23. The largest absolute Gasteiger partial charge is 0.466 e. The van der Waals surface area contributed by atoms with E-state index in [-0.39, 0.29) is 24.3 Å². The minimum Gasteiger partial charge on any atom is -0.466 e. The molecule has 0 unspecified atom stereocenters. The molecule has 1 saturated carbocycles. The molecule has 1 fully saturated rings. The lowest BCUT2D eigenvalue weighted by atomic mass is 9.79. The van der Waals surface area contributed by atoms with Crippen LogP contribution in [0.2, 0.25) is 0 Å². The molecule has 2 rings (SSSR count). The SMILES string of the molecule is CC(=O)OCC1CCC(c2ccc(NC(=O)CCN)cc2)CC1.Cl. The third-order valence-corrected chi connectivity index (χ3v) is 4.41.